The third-order valence-electron chi connectivity index (χ3n) is 3.73. The van der Waals surface area contributed by atoms with E-state index in [9.17, 15) is 4.79 Å². The first-order valence-electron chi connectivity index (χ1n) is 8.32. The smallest absolute Gasteiger partial charge is 0.257 e. The largest absolute Gasteiger partial charge is 0.384 e. The molecule has 1 heterocycles. The first-order chi connectivity index (χ1) is 11.6. The van der Waals surface area contributed by atoms with Gasteiger partial charge in [0.1, 0.15) is 0 Å². The Labute approximate surface area is 144 Å². The zero-order valence-corrected chi connectivity index (χ0v) is 14.7. The number of hydrogen-bond donors (Lipinski definition) is 2. The minimum atomic E-state index is -0.149. The predicted molar refractivity (Wildman–Crippen MR) is 99.7 cm³/mol. The van der Waals surface area contributed by atoms with Crippen LogP contribution < -0.4 is 10.6 Å². The van der Waals surface area contributed by atoms with Crippen molar-refractivity contribution in [3.63, 3.8) is 0 Å². The van der Waals surface area contributed by atoms with Crippen molar-refractivity contribution >= 4 is 17.3 Å². The molecule has 0 saturated carbocycles. The first-order valence-corrected chi connectivity index (χ1v) is 8.32. The van der Waals surface area contributed by atoms with Crippen LogP contribution in [0.2, 0.25) is 0 Å². The minimum Gasteiger partial charge on any atom is -0.384 e. The van der Waals surface area contributed by atoms with E-state index in [2.05, 4.69) is 41.5 Å². The van der Waals surface area contributed by atoms with Crippen LogP contribution in [0.4, 0.5) is 11.4 Å². The topological polar surface area (TPSA) is 57.3 Å². The predicted octanol–water partition coefficient (Wildman–Crippen LogP) is 3.26. The van der Waals surface area contributed by atoms with Gasteiger partial charge in [-0.3, -0.25) is 9.78 Å². The highest BCUT2D eigenvalue weighted by molar-refractivity contribution is 6.04. The summed E-state index contributed by atoms with van der Waals surface area (Å²) in [6.07, 6.45) is 5.34. The third kappa shape index (κ3) is 5.66. The molecule has 24 heavy (non-hydrogen) atoms. The van der Waals surface area contributed by atoms with Crippen molar-refractivity contribution in [1.82, 2.24) is 9.88 Å². The van der Waals surface area contributed by atoms with Crippen LogP contribution in [-0.2, 0) is 6.42 Å². The number of aromatic nitrogens is 1. The van der Waals surface area contributed by atoms with E-state index in [4.69, 9.17) is 0 Å². The Morgan fingerprint density at radius 3 is 2.54 bits per heavy atom. The molecule has 0 atom stereocenters. The first kappa shape index (κ1) is 17.9. The summed E-state index contributed by atoms with van der Waals surface area (Å²) < 4.78 is 0. The number of benzene rings is 1. The quantitative estimate of drug-likeness (QED) is 0.731. The maximum absolute atomic E-state index is 12.4. The van der Waals surface area contributed by atoms with Gasteiger partial charge in [0.25, 0.3) is 5.91 Å². The Morgan fingerprint density at radius 2 is 1.88 bits per heavy atom. The van der Waals surface area contributed by atoms with Crippen LogP contribution in [0.1, 0.15) is 29.3 Å². The van der Waals surface area contributed by atoms with Crippen molar-refractivity contribution < 1.29 is 4.79 Å². The third-order valence-corrected chi connectivity index (χ3v) is 3.73. The Bertz CT molecular complexity index is 653. The molecule has 1 amide bonds. The van der Waals surface area contributed by atoms with Gasteiger partial charge < -0.3 is 15.5 Å². The average molecular weight is 326 g/mol. The van der Waals surface area contributed by atoms with Gasteiger partial charge in [-0.25, -0.2) is 0 Å². The normalized spacial score (nSPS) is 10.7. The van der Waals surface area contributed by atoms with Gasteiger partial charge in [-0.1, -0.05) is 19.1 Å². The van der Waals surface area contributed by atoms with Crippen molar-refractivity contribution in [1.29, 1.82) is 0 Å². The van der Waals surface area contributed by atoms with Crippen molar-refractivity contribution in [3.8, 4) is 0 Å². The van der Waals surface area contributed by atoms with Crippen LogP contribution in [0, 0.1) is 0 Å². The van der Waals surface area contributed by atoms with E-state index < -0.39 is 0 Å². The lowest BCUT2D eigenvalue weighted by molar-refractivity contribution is 0.102. The van der Waals surface area contributed by atoms with E-state index in [1.165, 1.54) is 5.56 Å². The van der Waals surface area contributed by atoms with Crippen LogP contribution in [0.15, 0.2) is 42.7 Å². The second-order valence-corrected chi connectivity index (χ2v) is 6.05. The number of carbonyl (C=O) groups excluding carboxylic acids is 1. The summed E-state index contributed by atoms with van der Waals surface area (Å²) in [6, 6.07) is 9.73. The van der Waals surface area contributed by atoms with Gasteiger partial charge in [-0.15, -0.1) is 0 Å². The zero-order valence-electron chi connectivity index (χ0n) is 14.7. The van der Waals surface area contributed by atoms with Gasteiger partial charge in [-0.2, -0.15) is 0 Å². The van der Waals surface area contributed by atoms with Gasteiger partial charge in [0.2, 0.25) is 0 Å². The summed E-state index contributed by atoms with van der Waals surface area (Å²) in [6.45, 7) is 3.98. The number of nitrogens with one attached hydrogen (secondary N) is 2. The number of rotatable bonds is 8. The van der Waals surface area contributed by atoms with Crippen LogP contribution in [-0.4, -0.2) is 43.0 Å². The van der Waals surface area contributed by atoms with E-state index in [0.29, 0.717) is 5.56 Å². The molecule has 1 aromatic carbocycles. The Kier molecular flexibility index (Phi) is 6.75. The van der Waals surface area contributed by atoms with Crippen LogP contribution in [0.5, 0.6) is 0 Å². The number of aryl methyl sites for hydroxylation is 1. The number of nitrogens with zero attached hydrogens (tertiary/aromatic N) is 2. The fourth-order valence-electron chi connectivity index (χ4n) is 2.32. The van der Waals surface area contributed by atoms with Crippen molar-refractivity contribution in [2.24, 2.45) is 0 Å². The molecule has 0 aliphatic carbocycles. The SMILES string of the molecule is CCc1ccc(NC(=O)c2cncc(NCCCN(C)C)c2)cc1. The fourth-order valence-corrected chi connectivity index (χ4v) is 2.32. The maximum Gasteiger partial charge on any atom is 0.257 e. The molecule has 0 fully saturated rings. The molecule has 1 aromatic heterocycles. The summed E-state index contributed by atoms with van der Waals surface area (Å²) in [7, 11) is 4.11. The zero-order chi connectivity index (χ0) is 17.4. The molecular formula is C19H26N4O. The summed E-state index contributed by atoms with van der Waals surface area (Å²) in [5.74, 6) is -0.149. The van der Waals surface area contributed by atoms with E-state index >= 15 is 0 Å². The second-order valence-electron chi connectivity index (χ2n) is 6.05. The van der Waals surface area contributed by atoms with E-state index in [0.717, 1.165) is 37.3 Å². The minimum absolute atomic E-state index is 0.149. The van der Waals surface area contributed by atoms with E-state index in [1.54, 1.807) is 12.4 Å². The van der Waals surface area contributed by atoms with Crippen molar-refractivity contribution in [2.75, 3.05) is 37.8 Å². The summed E-state index contributed by atoms with van der Waals surface area (Å²) in [5, 5.41) is 6.21. The highest BCUT2D eigenvalue weighted by Crippen LogP contribution is 2.13. The van der Waals surface area contributed by atoms with Gasteiger partial charge in [0.05, 0.1) is 11.3 Å². The van der Waals surface area contributed by atoms with Crippen LogP contribution >= 0.6 is 0 Å². The number of carbonyl (C=O) groups is 1. The molecule has 0 bridgehead atoms. The molecule has 0 radical (unpaired) electrons. The molecule has 0 unspecified atom stereocenters. The lowest BCUT2D eigenvalue weighted by Gasteiger charge is -2.11. The summed E-state index contributed by atoms with van der Waals surface area (Å²) in [5.41, 5.74) is 3.45. The number of amides is 1. The van der Waals surface area contributed by atoms with Gasteiger partial charge in [0, 0.05) is 24.6 Å². The van der Waals surface area contributed by atoms with Crippen LogP contribution in [0.25, 0.3) is 0 Å². The lowest BCUT2D eigenvalue weighted by Crippen LogP contribution is -2.17. The second kappa shape index (κ2) is 9.03. The molecule has 0 spiro atoms. The van der Waals surface area contributed by atoms with Crippen LogP contribution in [0.3, 0.4) is 0 Å². The Balaban J connectivity index is 1.92. The molecule has 2 N–H and O–H groups in total. The lowest BCUT2D eigenvalue weighted by atomic mass is 10.1. The average Bonchev–Trinajstić information content (AvgIpc) is 2.59. The standard InChI is InChI=1S/C19H26N4O/c1-4-15-6-8-17(9-7-15)22-19(24)16-12-18(14-20-13-16)21-10-5-11-23(2)3/h6-9,12-14,21H,4-5,10-11H2,1-3H3,(H,22,24). The fraction of sp³-hybridized carbons (Fsp3) is 0.368. The number of pyridine rings is 1. The highest BCUT2D eigenvalue weighted by atomic mass is 16.1. The number of anilines is 2. The van der Waals surface area contributed by atoms with Crippen molar-refractivity contribution in [3.05, 3.63) is 53.9 Å². The molecular weight excluding hydrogens is 300 g/mol. The molecule has 5 nitrogen and oxygen atoms in total. The van der Waals surface area contributed by atoms with Crippen molar-refractivity contribution in [2.45, 2.75) is 19.8 Å². The molecule has 128 valence electrons. The summed E-state index contributed by atoms with van der Waals surface area (Å²) >= 11 is 0. The molecule has 5 heteroatoms. The Morgan fingerprint density at radius 1 is 1.12 bits per heavy atom. The monoisotopic (exact) mass is 326 g/mol. The summed E-state index contributed by atoms with van der Waals surface area (Å²) in [4.78, 5) is 18.7. The molecule has 2 aromatic rings. The molecule has 0 saturated heterocycles. The number of hydrogen-bond acceptors (Lipinski definition) is 4. The molecule has 0 aliphatic rings. The Hall–Kier alpha value is -2.40. The van der Waals surface area contributed by atoms with Gasteiger partial charge in [0.15, 0.2) is 0 Å². The maximum atomic E-state index is 12.4. The van der Waals surface area contributed by atoms with Gasteiger partial charge >= 0.3 is 0 Å². The van der Waals surface area contributed by atoms with E-state index in [-0.39, 0.29) is 5.91 Å². The van der Waals surface area contributed by atoms with Gasteiger partial charge in [-0.05, 0) is 57.2 Å². The molecule has 0 aliphatic heterocycles. The highest BCUT2D eigenvalue weighted by Gasteiger charge is 2.07. The molecule has 2 rings (SSSR count). The van der Waals surface area contributed by atoms with E-state index in [1.807, 2.05) is 30.3 Å².